The second-order valence-corrected chi connectivity index (χ2v) is 9.07. The number of pyridine rings is 1. The highest BCUT2D eigenvalue weighted by Gasteiger charge is 2.22. The zero-order valence-electron chi connectivity index (χ0n) is 21.4. The summed E-state index contributed by atoms with van der Waals surface area (Å²) in [5.41, 5.74) is 4.48. The Balaban J connectivity index is 1.20. The van der Waals surface area contributed by atoms with E-state index in [1.54, 1.807) is 28.0 Å². The first kappa shape index (κ1) is 24.2. The van der Waals surface area contributed by atoms with Crippen LogP contribution in [-0.2, 0) is 11.8 Å². The van der Waals surface area contributed by atoms with E-state index < -0.39 is 0 Å². The first-order valence-corrected chi connectivity index (χ1v) is 12.3. The molecule has 0 bridgehead atoms. The van der Waals surface area contributed by atoms with Crippen LogP contribution in [0.15, 0.2) is 55.6 Å². The molecule has 1 aromatic carbocycles. The average Bonchev–Trinajstić information content (AvgIpc) is 3.34. The van der Waals surface area contributed by atoms with Gasteiger partial charge in [0.2, 0.25) is 17.7 Å². The van der Waals surface area contributed by atoms with Gasteiger partial charge in [0.1, 0.15) is 34.1 Å². The molecule has 1 N–H and O–H groups in total. The van der Waals surface area contributed by atoms with Crippen LogP contribution in [0.2, 0.25) is 0 Å². The predicted molar refractivity (Wildman–Crippen MR) is 145 cm³/mol. The molecule has 13 nitrogen and oxygen atoms in total. The number of anilines is 3. The summed E-state index contributed by atoms with van der Waals surface area (Å²) < 4.78 is 7.68. The van der Waals surface area contributed by atoms with Crippen LogP contribution in [0.25, 0.3) is 22.1 Å². The monoisotopic (exact) mass is 523 g/mol. The zero-order chi connectivity index (χ0) is 26.9. The van der Waals surface area contributed by atoms with E-state index in [1.807, 2.05) is 37.1 Å². The number of ether oxygens (including phenoxy) is 1. The fourth-order valence-corrected chi connectivity index (χ4v) is 4.40. The van der Waals surface area contributed by atoms with Gasteiger partial charge in [-0.05, 0) is 36.8 Å². The minimum Gasteiger partial charge on any atom is -0.439 e. The first-order chi connectivity index (χ1) is 19.0. The maximum absolute atomic E-state index is 11.9. The van der Waals surface area contributed by atoms with Crippen LogP contribution in [0.1, 0.15) is 5.56 Å². The Morgan fingerprint density at radius 3 is 2.69 bits per heavy atom. The Labute approximate surface area is 223 Å². The lowest BCUT2D eigenvalue weighted by Crippen LogP contribution is -2.48. The van der Waals surface area contributed by atoms with Crippen molar-refractivity contribution >= 4 is 45.4 Å². The van der Waals surface area contributed by atoms with Gasteiger partial charge in [-0.1, -0.05) is 11.8 Å². The van der Waals surface area contributed by atoms with Crippen LogP contribution >= 0.6 is 0 Å². The molecular weight excluding hydrogens is 498 g/mol. The maximum Gasteiger partial charge on any atom is 0.246 e. The molecule has 4 aromatic heterocycles. The van der Waals surface area contributed by atoms with Gasteiger partial charge in [-0.15, -0.1) is 5.10 Å². The molecule has 1 aliphatic heterocycles. The summed E-state index contributed by atoms with van der Waals surface area (Å²) >= 11 is 0. The molecule has 5 aromatic rings. The lowest BCUT2D eigenvalue weighted by molar-refractivity contribution is -0.126. The number of hydrogen-bond donors (Lipinski definition) is 1. The molecule has 1 saturated heterocycles. The number of carbonyl (C=O) groups excluding carboxylic acids is 1. The van der Waals surface area contributed by atoms with E-state index in [0.717, 1.165) is 16.8 Å². The van der Waals surface area contributed by atoms with Gasteiger partial charge in [-0.3, -0.25) is 4.79 Å². The number of piperazine rings is 1. The lowest BCUT2D eigenvalue weighted by atomic mass is 10.2. The molecule has 0 saturated carbocycles. The van der Waals surface area contributed by atoms with Crippen molar-refractivity contribution in [2.24, 2.45) is 7.05 Å². The number of aryl methyl sites for hydroxylation is 2. The minimum atomic E-state index is -0.0662. The number of amides is 1. The molecule has 0 unspecified atom stereocenters. The van der Waals surface area contributed by atoms with Crippen molar-refractivity contribution < 1.29 is 9.53 Å². The van der Waals surface area contributed by atoms with Gasteiger partial charge in [0.25, 0.3) is 0 Å². The largest absolute Gasteiger partial charge is 0.439 e. The van der Waals surface area contributed by atoms with E-state index in [1.165, 1.54) is 12.4 Å². The molecule has 0 atom stereocenters. The minimum absolute atomic E-state index is 0.0662. The van der Waals surface area contributed by atoms with Crippen molar-refractivity contribution in [3.05, 3.63) is 61.2 Å². The molecular formula is C26H25N11O2. The average molecular weight is 524 g/mol. The molecule has 13 heteroatoms. The van der Waals surface area contributed by atoms with E-state index in [2.05, 4.69) is 42.1 Å². The van der Waals surface area contributed by atoms with Crippen molar-refractivity contribution in [2.45, 2.75) is 6.92 Å². The Morgan fingerprint density at radius 2 is 1.90 bits per heavy atom. The van der Waals surface area contributed by atoms with Gasteiger partial charge in [0.05, 0.1) is 12.4 Å². The lowest BCUT2D eigenvalue weighted by Gasteiger charge is -2.34. The second-order valence-electron chi connectivity index (χ2n) is 9.07. The molecule has 5 heterocycles. The van der Waals surface area contributed by atoms with Crippen molar-refractivity contribution in [3.63, 3.8) is 0 Å². The number of hydrogen-bond acceptors (Lipinski definition) is 11. The Hall–Kier alpha value is -5.20. The fourth-order valence-electron chi connectivity index (χ4n) is 4.40. The summed E-state index contributed by atoms with van der Waals surface area (Å²) in [6.45, 7) is 7.94. The van der Waals surface area contributed by atoms with Gasteiger partial charge in [0, 0.05) is 45.0 Å². The van der Waals surface area contributed by atoms with Crippen molar-refractivity contribution in [3.8, 4) is 11.6 Å². The van der Waals surface area contributed by atoms with Crippen LogP contribution in [-0.4, -0.2) is 76.9 Å². The standard InChI is InChI=1S/C26H25N11O2/c1-4-23(38)36-7-9-37(10-8-36)26-28-13-19-24(32-26)25(30-15-29-19)31-17-5-6-21(16(2)11-17)39-22-12-18-20(14-27-22)35(3)34-33-18/h4-6,11-15H,1,7-10H2,2-3H3,(H,29,30,31). The van der Waals surface area contributed by atoms with E-state index in [4.69, 9.17) is 9.72 Å². The summed E-state index contributed by atoms with van der Waals surface area (Å²) in [6, 6.07) is 7.49. The third-order valence-corrected chi connectivity index (χ3v) is 6.54. The second kappa shape index (κ2) is 9.93. The van der Waals surface area contributed by atoms with Crippen LogP contribution in [0.5, 0.6) is 11.6 Å². The smallest absolute Gasteiger partial charge is 0.246 e. The SMILES string of the molecule is C=CC(=O)N1CCN(c2ncc3ncnc(Nc4ccc(Oc5cc6nnn(C)c6cn5)c(C)c4)c3n2)CC1. The van der Waals surface area contributed by atoms with Crippen molar-refractivity contribution in [1.29, 1.82) is 0 Å². The summed E-state index contributed by atoms with van der Waals surface area (Å²) in [5.74, 6) is 2.17. The topological polar surface area (TPSA) is 140 Å². The Kier molecular flexibility index (Phi) is 6.15. The molecule has 1 aliphatic rings. The van der Waals surface area contributed by atoms with E-state index in [9.17, 15) is 4.79 Å². The van der Waals surface area contributed by atoms with Crippen molar-refractivity contribution in [1.82, 2.24) is 44.8 Å². The molecule has 0 spiro atoms. The number of nitrogens with zero attached hydrogens (tertiary/aromatic N) is 10. The summed E-state index contributed by atoms with van der Waals surface area (Å²) in [7, 11) is 1.82. The number of carbonyl (C=O) groups is 1. The van der Waals surface area contributed by atoms with Gasteiger partial charge in [-0.2, -0.15) is 0 Å². The van der Waals surface area contributed by atoms with E-state index in [-0.39, 0.29) is 5.91 Å². The van der Waals surface area contributed by atoms with Gasteiger partial charge in [-0.25, -0.2) is 29.6 Å². The Morgan fingerprint density at radius 1 is 1.05 bits per heavy atom. The molecule has 1 amide bonds. The third kappa shape index (κ3) is 4.77. The summed E-state index contributed by atoms with van der Waals surface area (Å²) in [5, 5.41) is 11.5. The molecule has 6 rings (SSSR count). The van der Waals surface area contributed by atoms with Crippen LogP contribution in [0.4, 0.5) is 17.5 Å². The molecule has 196 valence electrons. The molecule has 0 aliphatic carbocycles. The number of fused-ring (bicyclic) bond motifs is 2. The zero-order valence-corrected chi connectivity index (χ0v) is 21.4. The normalized spacial score (nSPS) is 13.6. The molecule has 0 radical (unpaired) electrons. The molecule has 1 fully saturated rings. The molecule has 39 heavy (non-hydrogen) atoms. The predicted octanol–water partition coefficient (Wildman–Crippen LogP) is 2.78. The quantitative estimate of drug-likeness (QED) is 0.329. The third-order valence-electron chi connectivity index (χ3n) is 6.54. The Bertz CT molecular complexity index is 1710. The van der Waals surface area contributed by atoms with Crippen LogP contribution in [0, 0.1) is 6.92 Å². The first-order valence-electron chi connectivity index (χ1n) is 12.3. The maximum atomic E-state index is 11.9. The highest BCUT2D eigenvalue weighted by Crippen LogP contribution is 2.30. The number of benzene rings is 1. The van der Waals surface area contributed by atoms with Gasteiger partial charge < -0.3 is 19.9 Å². The van der Waals surface area contributed by atoms with E-state index in [0.29, 0.717) is 66.1 Å². The number of rotatable bonds is 6. The number of nitrogens with one attached hydrogen (secondary N) is 1. The number of aromatic nitrogens is 8. The van der Waals surface area contributed by atoms with E-state index >= 15 is 0 Å². The van der Waals surface area contributed by atoms with Gasteiger partial charge >= 0.3 is 0 Å². The van der Waals surface area contributed by atoms with Crippen LogP contribution in [0.3, 0.4) is 0 Å². The van der Waals surface area contributed by atoms with Gasteiger partial charge in [0.15, 0.2) is 5.82 Å². The summed E-state index contributed by atoms with van der Waals surface area (Å²) in [4.78, 5) is 38.1. The highest BCUT2D eigenvalue weighted by molar-refractivity contribution is 5.88. The van der Waals surface area contributed by atoms with Crippen molar-refractivity contribution in [2.75, 3.05) is 36.4 Å². The highest BCUT2D eigenvalue weighted by atomic mass is 16.5. The summed E-state index contributed by atoms with van der Waals surface area (Å²) in [6.07, 6.45) is 6.20. The fraction of sp³-hybridized carbons (Fsp3) is 0.231. The van der Waals surface area contributed by atoms with Crippen LogP contribution < -0.4 is 15.0 Å².